The molecular weight excluding hydrogens is 427 g/mol. The number of benzene rings is 1. The number of carbonyl (C=O) groups is 1. The minimum Gasteiger partial charge on any atom is -0.341 e. The van der Waals surface area contributed by atoms with E-state index in [0.29, 0.717) is 33.8 Å². The Morgan fingerprint density at radius 2 is 1.83 bits per heavy atom. The molecule has 0 radical (unpaired) electrons. The molecular formula is C19H15ClF3N3O2S. The van der Waals surface area contributed by atoms with E-state index in [2.05, 4.69) is 4.98 Å². The van der Waals surface area contributed by atoms with E-state index < -0.39 is 30.0 Å². The van der Waals surface area contributed by atoms with Gasteiger partial charge in [-0.1, -0.05) is 23.7 Å². The van der Waals surface area contributed by atoms with Crippen molar-refractivity contribution < 1.29 is 18.0 Å². The topological polar surface area (TPSA) is 55.2 Å². The Bertz CT molecular complexity index is 1130. The van der Waals surface area contributed by atoms with Gasteiger partial charge in [0.2, 0.25) is 11.7 Å². The number of rotatable bonds is 3. The zero-order valence-corrected chi connectivity index (χ0v) is 16.6. The molecule has 0 bridgehead atoms. The summed E-state index contributed by atoms with van der Waals surface area (Å²) in [5, 5.41) is 2.16. The number of fused-ring (bicyclic) bond motifs is 1. The Morgan fingerprint density at radius 1 is 1.17 bits per heavy atom. The molecule has 0 atom stereocenters. The predicted molar refractivity (Wildman–Crippen MR) is 105 cm³/mol. The standard InChI is InChI=1S/C19H15ClF3N3O2S/c20-12-5-3-11(4-6-12)13-10-29-16-15(13)17(28)26(18(24-16)19(21,22)23)9-14(27)25-7-1-2-8-25/h3-6,10H,1-2,7-9H2. The van der Waals surface area contributed by atoms with Crippen molar-refractivity contribution in [3.8, 4) is 11.1 Å². The van der Waals surface area contributed by atoms with Gasteiger partial charge in [-0.25, -0.2) is 4.98 Å². The Hall–Kier alpha value is -2.39. The molecule has 0 unspecified atom stereocenters. The first-order chi connectivity index (χ1) is 13.8. The first-order valence-electron chi connectivity index (χ1n) is 8.88. The van der Waals surface area contributed by atoms with Gasteiger partial charge < -0.3 is 4.90 Å². The van der Waals surface area contributed by atoms with Gasteiger partial charge in [0.15, 0.2) is 0 Å². The van der Waals surface area contributed by atoms with Crippen molar-refractivity contribution in [3.05, 3.63) is 50.8 Å². The molecule has 1 amide bonds. The molecule has 1 aliphatic heterocycles. The van der Waals surface area contributed by atoms with E-state index in [-0.39, 0.29) is 10.2 Å². The van der Waals surface area contributed by atoms with Gasteiger partial charge in [-0.3, -0.25) is 14.2 Å². The van der Waals surface area contributed by atoms with Crippen LogP contribution in [0.4, 0.5) is 13.2 Å². The summed E-state index contributed by atoms with van der Waals surface area (Å²) in [6.45, 7) is 0.282. The number of alkyl halides is 3. The van der Waals surface area contributed by atoms with Crippen LogP contribution < -0.4 is 5.56 Å². The molecule has 1 aliphatic rings. The van der Waals surface area contributed by atoms with Crippen LogP contribution in [0.1, 0.15) is 18.7 Å². The molecule has 1 saturated heterocycles. The maximum absolute atomic E-state index is 13.6. The third-order valence-corrected chi connectivity index (χ3v) is 5.98. The third-order valence-electron chi connectivity index (χ3n) is 4.85. The molecule has 29 heavy (non-hydrogen) atoms. The van der Waals surface area contributed by atoms with E-state index in [1.165, 1.54) is 4.90 Å². The minimum atomic E-state index is -4.86. The highest BCUT2D eigenvalue weighted by Crippen LogP contribution is 2.34. The summed E-state index contributed by atoms with van der Waals surface area (Å²) in [7, 11) is 0. The molecule has 4 rings (SSSR count). The maximum Gasteiger partial charge on any atom is 0.449 e. The molecule has 3 heterocycles. The van der Waals surface area contributed by atoms with Crippen molar-refractivity contribution in [3.63, 3.8) is 0 Å². The van der Waals surface area contributed by atoms with Crippen LogP contribution in [0, 0.1) is 0 Å². The Morgan fingerprint density at radius 3 is 2.45 bits per heavy atom. The number of thiophene rings is 1. The first kappa shape index (κ1) is 19.9. The van der Waals surface area contributed by atoms with Gasteiger partial charge in [-0.05, 0) is 30.5 Å². The van der Waals surface area contributed by atoms with Crippen LogP contribution in [-0.2, 0) is 17.5 Å². The average molecular weight is 442 g/mol. The molecule has 0 N–H and O–H groups in total. The van der Waals surface area contributed by atoms with Crippen molar-refractivity contribution in [2.45, 2.75) is 25.6 Å². The number of likely N-dealkylation sites (tertiary alicyclic amines) is 1. The minimum absolute atomic E-state index is 0.0165. The lowest BCUT2D eigenvalue weighted by atomic mass is 10.1. The lowest BCUT2D eigenvalue weighted by Gasteiger charge is -2.19. The molecule has 1 aromatic carbocycles. The van der Waals surface area contributed by atoms with E-state index >= 15 is 0 Å². The molecule has 152 valence electrons. The zero-order valence-electron chi connectivity index (χ0n) is 15.0. The van der Waals surface area contributed by atoms with Crippen molar-refractivity contribution in [1.29, 1.82) is 0 Å². The summed E-state index contributed by atoms with van der Waals surface area (Å²) in [5.74, 6) is -1.87. The quantitative estimate of drug-likeness (QED) is 0.604. The second kappa shape index (κ2) is 7.46. The van der Waals surface area contributed by atoms with Gasteiger partial charge in [0.25, 0.3) is 5.56 Å². The fraction of sp³-hybridized carbons (Fsp3) is 0.316. The van der Waals surface area contributed by atoms with Gasteiger partial charge >= 0.3 is 6.18 Å². The van der Waals surface area contributed by atoms with E-state index in [1.54, 1.807) is 29.6 Å². The fourth-order valence-electron chi connectivity index (χ4n) is 3.43. The van der Waals surface area contributed by atoms with E-state index in [9.17, 15) is 22.8 Å². The summed E-state index contributed by atoms with van der Waals surface area (Å²) in [4.78, 5) is 30.7. The highest BCUT2D eigenvalue weighted by atomic mass is 35.5. The van der Waals surface area contributed by atoms with Crippen LogP contribution in [0.15, 0.2) is 34.4 Å². The summed E-state index contributed by atoms with van der Waals surface area (Å²) in [6, 6.07) is 6.63. The number of amides is 1. The largest absolute Gasteiger partial charge is 0.449 e. The second-order valence-electron chi connectivity index (χ2n) is 6.75. The maximum atomic E-state index is 13.6. The van der Waals surface area contributed by atoms with Crippen LogP contribution >= 0.6 is 22.9 Å². The smallest absolute Gasteiger partial charge is 0.341 e. The summed E-state index contributed by atoms with van der Waals surface area (Å²) in [6.07, 6.45) is -3.26. The van der Waals surface area contributed by atoms with Gasteiger partial charge in [0.05, 0.1) is 5.39 Å². The molecule has 0 spiro atoms. The molecule has 2 aromatic heterocycles. The van der Waals surface area contributed by atoms with Crippen LogP contribution in [0.25, 0.3) is 21.3 Å². The molecule has 1 fully saturated rings. The van der Waals surface area contributed by atoms with Crippen molar-refractivity contribution >= 4 is 39.1 Å². The lowest BCUT2D eigenvalue weighted by molar-refractivity contribution is -0.149. The van der Waals surface area contributed by atoms with Gasteiger partial charge in [-0.15, -0.1) is 11.3 Å². The normalized spacial score (nSPS) is 14.7. The van der Waals surface area contributed by atoms with Gasteiger partial charge in [0, 0.05) is 29.1 Å². The zero-order chi connectivity index (χ0) is 20.8. The van der Waals surface area contributed by atoms with Crippen LogP contribution in [-0.4, -0.2) is 33.4 Å². The Balaban J connectivity index is 1.88. The van der Waals surface area contributed by atoms with Crippen LogP contribution in [0.2, 0.25) is 5.02 Å². The molecule has 3 aromatic rings. The fourth-order valence-corrected chi connectivity index (χ4v) is 4.49. The van der Waals surface area contributed by atoms with Crippen LogP contribution in [0.5, 0.6) is 0 Å². The molecule has 0 aliphatic carbocycles. The highest BCUT2D eigenvalue weighted by Gasteiger charge is 2.38. The number of hydrogen-bond donors (Lipinski definition) is 0. The number of aromatic nitrogens is 2. The van der Waals surface area contributed by atoms with Gasteiger partial charge in [-0.2, -0.15) is 13.2 Å². The predicted octanol–water partition coefficient (Wildman–Crippen LogP) is 4.42. The number of carbonyl (C=O) groups excluding carboxylic acids is 1. The van der Waals surface area contributed by atoms with E-state index in [1.807, 2.05) is 0 Å². The first-order valence-corrected chi connectivity index (χ1v) is 10.1. The highest BCUT2D eigenvalue weighted by molar-refractivity contribution is 7.17. The van der Waals surface area contributed by atoms with E-state index in [0.717, 1.165) is 24.2 Å². The number of hydrogen-bond acceptors (Lipinski definition) is 4. The Labute approximate surface area is 172 Å². The molecule has 5 nitrogen and oxygen atoms in total. The average Bonchev–Trinajstić information content (AvgIpc) is 3.33. The monoisotopic (exact) mass is 441 g/mol. The molecule has 0 saturated carbocycles. The van der Waals surface area contributed by atoms with Gasteiger partial charge in [0.1, 0.15) is 11.4 Å². The van der Waals surface area contributed by atoms with Crippen LogP contribution in [0.3, 0.4) is 0 Å². The SMILES string of the molecule is O=C(Cn1c(C(F)(F)F)nc2scc(-c3ccc(Cl)cc3)c2c1=O)N1CCCC1. The summed E-state index contributed by atoms with van der Waals surface area (Å²) >= 11 is 6.85. The Kier molecular flexibility index (Phi) is 5.12. The lowest BCUT2D eigenvalue weighted by Crippen LogP contribution is -2.38. The second-order valence-corrected chi connectivity index (χ2v) is 8.04. The number of nitrogens with zero attached hydrogens (tertiary/aromatic N) is 3. The van der Waals surface area contributed by atoms with Crippen molar-refractivity contribution in [2.75, 3.05) is 13.1 Å². The van der Waals surface area contributed by atoms with Crippen molar-refractivity contribution in [1.82, 2.24) is 14.5 Å². The third kappa shape index (κ3) is 3.76. The van der Waals surface area contributed by atoms with Crippen molar-refractivity contribution in [2.24, 2.45) is 0 Å². The number of halogens is 4. The van der Waals surface area contributed by atoms with E-state index in [4.69, 9.17) is 11.6 Å². The molecule has 10 heteroatoms. The summed E-state index contributed by atoms with van der Waals surface area (Å²) in [5.41, 5.74) is 0.230. The summed E-state index contributed by atoms with van der Waals surface area (Å²) < 4.78 is 41.3.